The Morgan fingerprint density at radius 2 is 1.97 bits per heavy atom. The van der Waals surface area contributed by atoms with Gasteiger partial charge in [-0.15, -0.1) is 9.78 Å². The zero-order chi connectivity index (χ0) is 25.8. The van der Waals surface area contributed by atoms with Gasteiger partial charge in [0.2, 0.25) is 0 Å². The lowest BCUT2D eigenvalue weighted by Gasteiger charge is -2.21. The maximum atomic E-state index is 12.8. The SMILES string of the molecule is COc1cc(O[C@@H]2CCOC2)cc(C(Nc2ccc(C(=N)N)cc2)c2nn(-c3ncccn3)c(=O)[nH]2)c1. The predicted molar refractivity (Wildman–Crippen MR) is 136 cm³/mol. The number of nitrogens with zero attached hydrogens (tertiary/aromatic N) is 4. The minimum atomic E-state index is -0.613. The van der Waals surface area contributed by atoms with Crippen molar-refractivity contribution in [2.45, 2.75) is 18.6 Å². The maximum Gasteiger partial charge on any atom is 0.350 e. The van der Waals surface area contributed by atoms with Crippen LogP contribution in [0.4, 0.5) is 5.69 Å². The van der Waals surface area contributed by atoms with Gasteiger partial charge in [0.1, 0.15) is 29.5 Å². The van der Waals surface area contributed by atoms with Crippen molar-refractivity contribution in [3.05, 3.63) is 88.4 Å². The van der Waals surface area contributed by atoms with Crippen LogP contribution < -0.4 is 26.2 Å². The van der Waals surface area contributed by atoms with Gasteiger partial charge in [0.15, 0.2) is 5.82 Å². The molecule has 4 aromatic rings. The van der Waals surface area contributed by atoms with E-state index in [0.29, 0.717) is 36.1 Å². The van der Waals surface area contributed by atoms with E-state index >= 15 is 0 Å². The fraction of sp³-hybridized carbons (Fsp3) is 0.240. The molecule has 5 N–H and O–H groups in total. The van der Waals surface area contributed by atoms with Gasteiger partial charge in [0, 0.05) is 36.1 Å². The van der Waals surface area contributed by atoms with E-state index in [1.54, 1.807) is 43.5 Å². The molecule has 1 unspecified atom stereocenters. The molecule has 0 radical (unpaired) electrons. The summed E-state index contributed by atoms with van der Waals surface area (Å²) in [5.41, 5.74) is 7.16. The third-order valence-electron chi connectivity index (χ3n) is 5.82. The summed E-state index contributed by atoms with van der Waals surface area (Å²) in [5.74, 6) is 1.64. The van der Waals surface area contributed by atoms with Crippen molar-refractivity contribution in [1.82, 2.24) is 24.7 Å². The Morgan fingerprint density at radius 1 is 1.22 bits per heavy atom. The molecular formula is C25H26N8O4. The van der Waals surface area contributed by atoms with Crippen molar-refractivity contribution >= 4 is 11.5 Å². The van der Waals surface area contributed by atoms with Crippen LogP contribution in [-0.2, 0) is 4.74 Å². The molecule has 1 saturated heterocycles. The standard InChI is InChI=1S/C25H26N8O4/c1-35-19-11-16(12-20(13-19)37-18-7-10-36-14-18)21(30-17-5-3-15(4-6-17)22(26)27)23-31-25(34)33(32-23)24-28-8-2-9-29-24/h2-6,8-9,11-13,18,21,30H,7,10,14H2,1H3,(H3,26,27)(H,31,32,34)/t18-,21?/m1/s1. The second-order valence-electron chi connectivity index (χ2n) is 8.39. The summed E-state index contributed by atoms with van der Waals surface area (Å²) in [6.45, 7) is 1.17. The highest BCUT2D eigenvalue weighted by molar-refractivity contribution is 5.95. The van der Waals surface area contributed by atoms with Gasteiger partial charge in [0.25, 0.3) is 5.95 Å². The number of amidine groups is 1. The molecule has 1 aliphatic rings. The molecule has 12 nitrogen and oxygen atoms in total. The second kappa shape index (κ2) is 10.5. The summed E-state index contributed by atoms with van der Waals surface area (Å²) in [6, 6.07) is 13.6. The number of rotatable bonds is 9. The van der Waals surface area contributed by atoms with Crippen molar-refractivity contribution in [3.63, 3.8) is 0 Å². The van der Waals surface area contributed by atoms with Gasteiger partial charge in [-0.05, 0) is 48.0 Å². The zero-order valence-corrected chi connectivity index (χ0v) is 20.0. The van der Waals surface area contributed by atoms with Crippen molar-refractivity contribution in [2.75, 3.05) is 25.6 Å². The number of nitrogen functional groups attached to an aromatic ring is 1. The fourth-order valence-electron chi connectivity index (χ4n) is 3.97. The number of nitrogens with one attached hydrogen (secondary N) is 3. The third kappa shape index (κ3) is 5.43. The molecule has 1 fully saturated rings. The molecule has 3 heterocycles. The highest BCUT2D eigenvalue weighted by Crippen LogP contribution is 2.32. The Bertz CT molecular complexity index is 1430. The Morgan fingerprint density at radius 3 is 2.65 bits per heavy atom. The summed E-state index contributed by atoms with van der Waals surface area (Å²) in [4.78, 5) is 23.9. The topological polar surface area (TPSA) is 166 Å². The quantitative estimate of drug-likeness (QED) is 0.198. The lowest BCUT2D eigenvalue weighted by Crippen LogP contribution is -2.18. The zero-order valence-electron chi connectivity index (χ0n) is 20.0. The third-order valence-corrected chi connectivity index (χ3v) is 5.82. The van der Waals surface area contributed by atoms with Gasteiger partial charge in [-0.25, -0.2) is 14.8 Å². The van der Waals surface area contributed by atoms with Gasteiger partial charge in [0.05, 0.1) is 20.3 Å². The van der Waals surface area contributed by atoms with Gasteiger partial charge in [-0.2, -0.15) is 0 Å². The van der Waals surface area contributed by atoms with E-state index in [9.17, 15) is 4.79 Å². The van der Waals surface area contributed by atoms with Crippen LogP contribution >= 0.6 is 0 Å². The molecule has 0 aliphatic carbocycles. The second-order valence-corrected chi connectivity index (χ2v) is 8.39. The Labute approximate surface area is 211 Å². The summed E-state index contributed by atoms with van der Waals surface area (Å²) in [7, 11) is 1.58. The first kappa shape index (κ1) is 24.0. The van der Waals surface area contributed by atoms with Crippen molar-refractivity contribution < 1.29 is 14.2 Å². The van der Waals surface area contributed by atoms with Crippen molar-refractivity contribution in [3.8, 4) is 17.4 Å². The molecule has 5 rings (SSSR count). The summed E-state index contributed by atoms with van der Waals surface area (Å²) >= 11 is 0. The molecule has 0 amide bonds. The number of aromatic amines is 1. The first-order valence-corrected chi connectivity index (χ1v) is 11.6. The summed E-state index contributed by atoms with van der Waals surface area (Å²) in [5, 5.41) is 15.5. The molecule has 190 valence electrons. The monoisotopic (exact) mass is 502 g/mol. The van der Waals surface area contributed by atoms with Crippen molar-refractivity contribution in [2.24, 2.45) is 5.73 Å². The van der Waals surface area contributed by atoms with E-state index in [2.05, 4.69) is 25.4 Å². The minimum Gasteiger partial charge on any atom is -0.497 e. The normalized spacial score (nSPS) is 15.8. The van der Waals surface area contributed by atoms with Crippen LogP contribution in [0.1, 0.15) is 29.4 Å². The smallest absolute Gasteiger partial charge is 0.350 e. The number of hydrogen-bond donors (Lipinski definition) is 4. The van der Waals surface area contributed by atoms with Gasteiger partial charge >= 0.3 is 5.69 Å². The van der Waals surface area contributed by atoms with E-state index in [1.165, 1.54) is 12.4 Å². The van der Waals surface area contributed by atoms with Crippen LogP contribution in [0.25, 0.3) is 5.95 Å². The number of hydrogen-bond acceptors (Lipinski definition) is 9. The number of methoxy groups -OCH3 is 1. The van der Waals surface area contributed by atoms with Crippen LogP contribution in [-0.4, -0.2) is 57.0 Å². The number of benzene rings is 2. The molecule has 12 heteroatoms. The van der Waals surface area contributed by atoms with Gasteiger partial charge in [-0.3, -0.25) is 10.4 Å². The number of aromatic nitrogens is 5. The molecular weight excluding hydrogens is 476 g/mol. The average Bonchev–Trinajstić information content (AvgIpc) is 3.57. The molecule has 0 bridgehead atoms. The highest BCUT2D eigenvalue weighted by atomic mass is 16.5. The Kier molecular flexibility index (Phi) is 6.81. The highest BCUT2D eigenvalue weighted by Gasteiger charge is 2.24. The largest absolute Gasteiger partial charge is 0.497 e. The number of H-pyrrole nitrogens is 1. The van der Waals surface area contributed by atoms with Crippen LogP contribution in [0.15, 0.2) is 65.7 Å². The lowest BCUT2D eigenvalue weighted by molar-refractivity contribution is 0.141. The number of anilines is 1. The number of ether oxygens (including phenoxy) is 3. The van der Waals surface area contributed by atoms with Gasteiger partial charge in [-0.1, -0.05) is 0 Å². The van der Waals surface area contributed by atoms with E-state index in [-0.39, 0.29) is 17.9 Å². The molecule has 0 spiro atoms. The summed E-state index contributed by atoms with van der Waals surface area (Å²) in [6.07, 6.45) is 3.81. The Hall–Kier alpha value is -4.71. The molecule has 37 heavy (non-hydrogen) atoms. The molecule has 2 atom stereocenters. The fourth-order valence-corrected chi connectivity index (χ4v) is 3.97. The maximum absolute atomic E-state index is 12.8. The minimum absolute atomic E-state index is 0.0282. The lowest BCUT2D eigenvalue weighted by atomic mass is 10.0. The number of nitrogens with two attached hydrogens (primary N) is 1. The van der Waals surface area contributed by atoms with Crippen LogP contribution in [0.5, 0.6) is 11.5 Å². The summed E-state index contributed by atoms with van der Waals surface area (Å²) < 4.78 is 18.2. The van der Waals surface area contributed by atoms with Crippen LogP contribution in [0, 0.1) is 5.41 Å². The van der Waals surface area contributed by atoms with Crippen LogP contribution in [0.3, 0.4) is 0 Å². The molecule has 0 saturated carbocycles. The van der Waals surface area contributed by atoms with E-state index < -0.39 is 11.7 Å². The predicted octanol–water partition coefficient (Wildman–Crippen LogP) is 2.01. The van der Waals surface area contributed by atoms with E-state index in [1.807, 2.05) is 12.1 Å². The van der Waals surface area contributed by atoms with Crippen LogP contribution in [0.2, 0.25) is 0 Å². The first-order chi connectivity index (χ1) is 18.0. The molecule has 1 aliphatic heterocycles. The van der Waals surface area contributed by atoms with Crippen molar-refractivity contribution in [1.29, 1.82) is 5.41 Å². The average molecular weight is 503 g/mol. The first-order valence-electron chi connectivity index (χ1n) is 11.6. The Balaban J connectivity index is 1.56. The van der Waals surface area contributed by atoms with Gasteiger partial charge < -0.3 is 25.3 Å². The van der Waals surface area contributed by atoms with E-state index in [0.717, 1.165) is 22.4 Å². The van der Waals surface area contributed by atoms with E-state index in [4.69, 9.17) is 25.4 Å². The molecule has 2 aromatic heterocycles. The molecule has 2 aromatic carbocycles.